The second-order valence-electron chi connectivity index (χ2n) is 9.69. The van der Waals surface area contributed by atoms with Crippen LogP contribution in [0.25, 0.3) is 5.69 Å². The van der Waals surface area contributed by atoms with Gasteiger partial charge in [-0.1, -0.05) is 35.9 Å². The summed E-state index contributed by atoms with van der Waals surface area (Å²) in [6.07, 6.45) is 1.90. The second kappa shape index (κ2) is 11.2. The quantitative estimate of drug-likeness (QED) is 0.249. The molecule has 6 nitrogen and oxygen atoms in total. The summed E-state index contributed by atoms with van der Waals surface area (Å²) in [4.78, 5) is 19.5. The summed E-state index contributed by atoms with van der Waals surface area (Å²) in [7, 11) is 0. The Morgan fingerprint density at radius 2 is 1.87 bits per heavy atom. The number of aromatic nitrogens is 2. The molecular weight excluding hydrogens is 533 g/mol. The van der Waals surface area contributed by atoms with Gasteiger partial charge in [0.15, 0.2) is 5.11 Å². The minimum Gasteiger partial charge on any atom is -0.352 e. The zero-order valence-electron chi connectivity index (χ0n) is 21.9. The Labute approximate surface area is 237 Å². The highest BCUT2D eigenvalue weighted by Gasteiger charge is 2.41. The van der Waals surface area contributed by atoms with Gasteiger partial charge in [-0.15, -0.1) is 0 Å². The molecule has 2 aromatic heterocycles. The number of nitrogens with zero attached hydrogens (tertiary/aromatic N) is 3. The molecule has 0 saturated carbocycles. The van der Waals surface area contributed by atoms with Crippen LogP contribution < -0.4 is 10.6 Å². The zero-order valence-corrected chi connectivity index (χ0v) is 23.5. The number of rotatable bonds is 7. The fraction of sp³-hybridized carbons (Fsp3) is 0.233. The molecule has 2 aromatic carbocycles. The summed E-state index contributed by atoms with van der Waals surface area (Å²) in [5.41, 5.74) is 6.32. The van der Waals surface area contributed by atoms with Gasteiger partial charge in [0.1, 0.15) is 5.82 Å². The number of benzene rings is 2. The number of thiocarbonyl (C=S) groups is 1. The van der Waals surface area contributed by atoms with E-state index in [2.05, 4.69) is 47.0 Å². The summed E-state index contributed by atoms with van der Waals surface area (Å²) < 4.78 is 16.3. The first-order chi connectivity index (χ1) is 18.7. The van der Waals surface area contributed by atoms with Crippen LogP contribution >= 0.6 is 23.8 Å². The minimum absolute atomic E-state index is 0.133. The van der Waals surface area contributed by atoms with Crippen LogP contribution in [0.2, 0.25) is 5.02 Å². The summed E-state index contributed by atoms with van der Waals surface area (Å²) >= 11 is 12.2. The maximum absolute atomic E-state index is 14.1. The molecule has 1 aliphatic heterocycles. The van der Waals surface area contributed by atoms with Crippen molar-refractivity contribution >= 4 is 40.5 Å². The molecule has 0 radical (unpaired) electrons. The van der Waals surface area contributed by atoms with E-state index < -0.39 is 5.82 Å². The summed E-state index contributed by atoms with van der Waals surface area (Å²) in [5, 5.41) is 7.32. The van der Waals surface area contributed by atoms with Gasteiger partial charge in [0, 0.05) is 41.3 Å². The van der Waals surface area contributed by atoms with Gasteiger partial charge in [-0.2, -0.15) is 0 Å². The zero-order chi connectivity index (χ0) is 27.7. The van der Waals surface area contributed by atoms with Gasteiger partial charge in [-0.25, -0.2) is 4.39 Å². The van der Waals surface area contributed by atoms with Crippen molar-refractivity contribution in [2.45, 2.75) is 39.3 Å². The average molecular weight is 562 g/mol. The van der Waals surface area contributed by atoms with E-state index in [1.807, 2.05) is 41.3 Å². The Morgan fingerprint density at radius 1 is 1.10 bits per heavy atom. The first-order valence-electron chi connectivity index (χ1n) is 12.7. The molecule has 200 valence electrons. The summed E-state index contributed by atoms with van der Waals surface area (Å²) in [6, 6.07) is 19.5. The Morgan fingerprint density at radius 3 is 2.62 bits per heavy atom. The third-order valence-electron chi connectivity index (χ3n) is 7.13. The van der Waals surface area contributed by atoms with Crippen LogP contribution in [-0.4, -0.2) is 32.0 Å². The SMILES string of the molecule is Cc1ccc(Cl)cc1-n1c(C)cc([C@H]2[C@H](c3ccccn3)NC(=S)N2CCC(=O)Nc2ccccc2F)c1C. The fourth-order valence-electron chi connectivity index (χ4n) is 5.26. The van der Waals surface area contributed by atoms with Crippen molar-refractivity contribution in [2.75, 3.05) is 11.9 Å². The van der Waals surface area contributed by atoms with Crippen LogP contribution in [0.5, 0.6) is 0 Å². The normalized spacial score (nSPS) is 16.8. The molecule has 1 aliphatic rings. The number of hydrogen-bond donors (Lipinski definition) is 2. The van der Waals surface area contributed by atoms with Gasteiger partial charge in [-0.05, 0) is 86.6 Å². The van der Waals surface area contributed by atoms with Crippen molar-refractivity contribution in [3.05, 3.63) is 112 Å². The van der Waals surface area contributed by atoms with Gasteiger partial charge in [0.05, 0.1) is 23.5 Å². The van der Waals surface area contributed by atoms with E-state index in [9.17, 15) is 9.18 Å². The largest absolute Gasteiger partial charge is 0.352 e. The number of hydrogen-bond acceptors (Lipinski definition) is 3. The summed E-state index contributed by atoms with van der Waals surface area (Å²) in [6.45, 7) is 6.57. The fourth-order valence-corrected chi connectivity index (χ4v) is 5.76. The molecule has 1 fully saturated rings. The van der Waals surface area contributed by atoms with Gasteiger partial charge in [0.25, 0.3) is 0 Å². The molecule has 2 N–H and O–H groups in total. The number of nitrogens with one attached hydrogen (secondary N) is 2. The lowest BCUT2D eigenvalue weighted by Crippen LogP contribution is -2.33. The van der Waals surface area contributed by atoms with Crippen LogP contribution in [0.15, 0.2) is 72.9 Å². The van der Waals surface area contributed by atoms with Crippen LogP contribution in [0.3, 0.4) is 0 Å². The van der Waals surface area contributed by atoms with Gasteiger partial charge in [-0.3, -0.25) is 9.78 Å². The third-order valence-corrected chi connectivity index (χ3v) is 7.71. The van der Waals surface area contributed by atoms with Gasteiger partial charge < -0.3 is 20.1 Å². The average Bonchev–Trinajstić information content (AvgIpc) is 3.40. The van der Waals surface area contributed by atoms with Crippen LogP contribution in [-0.2, 0) is 4.79 Å². The van der Waals surface area contributed by atoms with Crippen molar-refractivity contribution in [3.63, 3.8) is 0 Å². The third kappa shape index (κ3) is 5.40. The number of carbonyl (C=O) groups excluding carboxylic acids is 1. The smallest absolute Gasteiger partial charge is 0.226 e. The topological polar surface area (TPSA) is 62.2 Å². The molecule has 0 bridgehead atoms. The maximum atomic E-state index is 14.1. The number of amides is 1. The van der Waals surface area contributed by atoms with E-state index in [-0.39, 0.29) is 30.1 Å². The Bertz CT molecular complexity index is 1540. The van der Waals surface area contributed by atoms with E-state index in [0.29, 0.717) is 16.7 Å². The van der Waals surface area contributed by atoms with E-state index >= 15 is 0 Å². The van der Waals surface area contributed by atoms with E-state index in [4.69, 9.17) is 23.8 Å². The minimum atomic E-state index is -0.471. The van der Waals surface area contributed by atoms with Crippen molar-refractivity contribution in [1.82, 2.24) is 19.8 Å². The predicted octanol–water partition coefficient (Wildman–Crippen LogP) is 6.59. The van der Waals surface area contributed by atoms with Gasteiger partial charge in [0.2, 0.25) is 5.91 Å². The molecular formula is C30H29ClFN5OS. The monoisotopic (exact) mass is 561 g/mol. The maximum Gasteiger partial charge on any atom is 0.226 e. The number of aryl methyl sites for hydroxylation is 2. The van der Waals surface area contributed by atoms with Gasteiger partial charge >= 0.3 is 0 Å². The first-order valence-corrected chi connectivity index (χ1v) is 13.5. The van der Waals surface area contributed by atoms with E-state index in [1.165, 1.54) is 6.07 Å². The van der Waals surface area contributed by atoms with Crippen molar-refractivity contribution in [1.29, 1.82) is 0 Å². The molecule has 2 atom stereocenters. The second-order valence-corrected chi connectivity index (χ2v) is 10.5. The van der Waals surface area contributed by atoms with Crippen molar-refractivity contribution in [2.24, 2.45) is 0 Å². The molecule has 3 heterocycles. The van der Waals surface area contributed by atoms with Crippen molar-refractivity contribution < 1.29 is 9.18 Å². The van der Waals surface area contributed by atoms with E-state index in [0.717, 1.165) is 33.9 Å². The van der Waals surface area contributed by atoms with Crippen LogP contribution in [0, 0.1) is 26.6 Å². The Balaban J connectivity index is 1.50. The molecule has 39 heavy (non-hydrogen) atoms. The molecule has 0 aliphatic carbocycles. The predicted molar refractivity (Wildman–Crippen MR) is 157 cm³/mol. The lowest BCUT2D eigenvalue weighted by molar-refractivity contribution is -0.116. The molecule has 0 unspecified atom stereocenters. The molecule has 1 amide bonds. The highest BCUT2D eigenvalue weighted by atomic mass is 35.5. The standard InChI is InChI=1S/C30H29ClFN5OS/c1-18-11-12-21(31)17-26(18)37-19(2)16-22(20(37)3)29-28(25-10-6-7-14-33-25)35-30(39)36(29)15-13-27(38)34-24-9-5-4-8-23(24)32/h4-12,14,16-17,28-29H,13,15H2,1-3H3,(H,34,38)(H,35,39)/t28-,29-/m0/s1. The number of para-hydroxylation sites is 1. The highest BCUT2D eigenvalue weighted by Crippen LogP contribution is 2.41. The number of halogens is 2. The number of anilines is 1. The lowest BCUT2D eigenvalue weighted by atomic mass is 9.96. The Kier molecular flexibility index (Phi) is 7.68. The summed E-state index contributed by atoms with van der Waals surface area (Å²) in [5.74, 6) is -0.760. The first kappa shape index (κ1) is 26.8. The lowest BCUT2D eigenvalue weighted by Gasteiger charge is -2.28. The molecule has 4 aromatic rings. The van der Waals surface area contributed by atoms with Crippen LogP contribution in [0.4, 0.5) is 10.1 Å². The highest BCUT2D eigenvalue weighted by molar-refractivity contribution is 7.80. The number of carbonyl (C=O) groups is 1. The number of pyridine rings is 1. The molecule has 9 heteroatoms. The van der Waals surface area contributed by atoms with Crippen molar-refractivity contribution in [3.8, 4) is 5.69 Å². The molecule has 1 saturated heterocycles. The Hall–Kier alpha value is -3.75. The van der Waals surface area contributed by atoms with E-state index in [1.54, 1.807) is 24.4 Å². The molecule has 5 rings (SSSR count). The van der Waals surface area contributed by atoms with Crippen LogP contribution in [0.1, 0.15) is 46.7 Å². The molecule has 0 spiro atoms.